The number of carbonyl (C=O) groups excluding carboxylic acids is 2. The second-order valence-electron chi connectivity index (χ2n) is 5.98. The fourth-order valence-corrected chi connectivity index (χ4v) is 3.58. The number of nitrogens with one attached hydrogen (secondary N) is 2. The van der Waals surface area contributed by atoms with Gasteiger partial charge in [-0.2, -0.15) is 4.72 Å². The highest BCUT2D eigenvalue weighted by Gasteiger charge is 2.21. The Labute approximate surface area is 184 Å². The van der Waals surface area contributed by atoms with Gasteiger partial charge in [-0.3, -0.25) is 9.59 Å². The molecule has 2 N–H and O–H groups in total. The van der Waals surface area contributed by atoms with E-state index in [0.29, 0.717) is 18.0 Å². The molecule has 2 aromatic rings. The summed E-state index contributed by atoms with van der Waals surface area (Å²) in [6, 6.07) is 10.4. The predicted molar refractivity (Wildman–Crippen MR) is 113 cm³/mol. The van der Waals surface area contributed by atoms with Crippen molar-refractivity contribution >= 4 is 50.8 Å². The van der Waals surface area contributed by atoms with Crippen molar-refractivity contribution in [3.8, 4) is 5.75 Å². The predicted octanol–water partition coefficient (Wildman–Crippen LogP) is 3.24. The van der Waals surface area contributed by atoms with Crippen molar-refractivity contribution in [3.63, 3.8) is 0 Å². The first kappa shape index (κ1) is 23.9. The van der Waals surface area contributed by atoms with Gasteiger partial charge in [-0.05, 0) is 56.3 Å². The SMILES string of the molecule is CCOc1ccc(NC(=O)C(C)OC(=O)CNS(=O)(=O)c2ccc(Cl)c(Cl)c2)cc1. The topological polar surface area (TPSA) is 111 Å². The van der Waals surface area contributed by atoms with Crippen molar-refractivity contribution in [1.29, 1.82) is 0 Å². The number of anilines is 1. The molecule has 162 valence electrons. The lowest BCUT2D eigenvalue weighted by Crippen LogP contribution is -2.35. The van der Waals surface area contributed by atoms with E-state index in [1.54, 1.807) is 24.3 Å². The monoisotopic (exact) mass is 474 g/mol. The molecule has 2 aromatic carbocycles. The van der Waals surface area contributed by atoms with Crippen molar-refractivity contribution in [2.24, 2.45) is 0 Å². The van der Waals surface area contributed by atoms with Gasteiger partial charge in [0, 0.05) is 5.69 Å². The van der Waals surface area contributed by atoms with Crippen molar-refractivity contribution in [2.45, 2.75) is 24.8 Å². The molecule has 0 spiro atoms. The molecule has 1 unspecified atom stereocenters. The quantitative estimate of drug-likeness (QED) is 0.539. The van der Waals surface area contributed by atoms with E-state index >= 15 is 0 Å². The van der Waals surface area contributed by atoms with Crippen LogP contribution in [0.5, 0.6) is 5.75 Å². The maximum atomic E-state index is 12.2. The second kappa shape index (κ2) is 10.6. The van der Waals surface area contributed by atoms with Crippen LogP contribution in [-0.4, -0.2) is 39.5 Å². The molecule has 0 radical (unpaired) electrons. The van der Waals surface area contributed by atoms with Gasteiger partial charge < -0.3 is 14.8 Å². The Balaban J connectivity index is 1.87. The molecule has 1 atom stereocenters. The molecule has 1 amide bonds. The number of sulfonamides is 1. The van der Waals surface area contributed by atoms with Crippen LogP contribution in [0.15, 0.2) is 47.4 Å². The summed E-state index contributed by atoms with van der Waals surface area (Å²) in [5.74, 6) is -0.836. The van der Waals surface area contributed by atoms with Crippen molar-refractivity contribution in [2.75, 3.05) is 18.5 Å². The number of halogens is 2. The summed E-state index contributed by atoms with van der Waals surface area (Å²) < 4.78 is 36.8. The molecule has 0 aliphatic heterocycles. The van der Waals surface area contributed by atoms with Gasteiger partial charge in [0.05, 0.1) is 21.5 Å². The largest absolute Gasteiger partial charge is 0.494 e. The Morgan fingerprint density at radius 2 is 1.73 bits per heavy atom. The average molecular weight is 475 g/mol. The van der Waals surface area contributed by atoms with Gasteiger partial charge >= 0.3 is 5.97 Å². The lowest BCUT2D eigenvalue weighted by molar-refractivity contribution is -0.151. The second-order valence-corrected chi connectivity index (χ2v) is 8.56. The minimum atomic E-state index is -4.01. The summed E-state index contributed by atoms with van der Waals surface area (Å²) in [4.78, 5) is 23.9. The number of amides is 1. The zero-order valence-electron chi connectivity index (χ0n) is 16.1. The summed E-state index contributed by atoms with van der Waals surface area (Å²) >= 11 is 11.6. The molecule has 11 heteroatoms. The van der Waals surface area contributed by atoms with Gasteiger partial charge in [-0.1, -0.05) is 23.2 Å². The first-order valence-electron chi connectivity index (χ1n) is 8.80. The lowest BCUT2D eigenvalue weighted by atomic mass is 10.3. The van der Waals surface area contributed by atoms with E-state index in [4.69, 9.17) is 32.7 Å². The van der Waals surface area contributed by atoms with Crippen LogP contribution in [-0.2, 0) is 24.3 Å². The summed E-state index contributed by atoms with van der Waals surface area (Å²) in [6.45, 7) is 3.09. The lowest BCUT2D eigenvalue weighted by Gasteiger charge is -2.14. The molecule has 0 saturated carbocycles. The van der Waals surface area contributed by atoms with Crippen molar-refractivity contribution in [3.05, 3.63) is 52.5 Å². The van der Waals surface area contributed by atoms with Gasteiger partial charge in [0.1, 0.15) is 12.3 Å². The maximum Gasteiger partial charge on any atom is 0.321 e. The molecule has 0 aromatic heterocycles. The fourth-order valence-electron chi connectivity index (χ4n) is 2.22. The molecule has 30 heavy (non-hydrogen) atoms. The van der Waals surface area contributed by atoms with Crippen LogP contribution in [0.3, 0.4) is 0 Å². The van der Waals surface area contributed by atoms with E-state index < -0.39 is 34.5 Å². The van der Waals surface area contributed by atoms with Crippen LogP contribution in [0.1, 0.15) is 13.8 Å². The number of rotatable bonds is 9. The third-order valence-electron chi connectivity index (χ3n) is 3.72. The van der Waals surface area contributed by atoms with Crippen LogP contribution in [0.2, 0.25) is 10.0 Å². The van der Waals surface area contributed by atoms with Gasteiger partial charge in [-0.15, -0.1) is 0 Å². The molecule has 0 fully saturated rings. The van der Waals surface area contributed by atoms with E-state index in [-0.39, 0.29) is 14.9 Å². The molecule has 2 rings (SSSR count). The van der Waals surface area contributed by atoms with Gasteiger partial charge in [0.25, 0.3) is 5.91 Å². The van der Waals surface area contributed by atoms with E-state index in [1.807, 2.05) is 6.92 Å². The van der Waals surface area contributed by atoms with E-state index in [9.17, 15) is 18.0 Å². The van der Waals surface area contributed by atoms with Crippen molar-refractivity contribution < 1.29 is 27.5 Å². The van der Waals surface area contributed by atoms with Crippen LogP contribution < -0.4 is 14.8 Å². The highest BCUT2D eigenvalue weighted by Crippen LogP contribution is 2.24. The van der Waals surface area contributed by atoms with Gasteiger partial charge in [0.2, 0.25) is 10.0 Å². The normalized spacial score (nSPS) is 12.1. The Hall–Kier alpha value is -2.33. The van der Waals surface area contributed by atoms with Crippen molar-refractivity contribution in [1.82, 2.24) is 4.72 Å². The standard InChI is InChI=1S/C19H20Cl2N2O6S/c1-3-28-14-6-4-13(5-7-14)23-19(25)12(2)29-18(24)11-22-30(26,27)15-8-9-16(20)17(21)10-15/h4-10,12,22H,3,11H2,1-2H3,(H,23,25). The zero-order chi connectivity index (χ0) is 22.3. The highest BCUT2D eigenvalue weighted by atomic mass is 35.5. The Kier molecular flexibility index (Phi) is 8.48. The average Bonchev–Trinajstić information content (AvgIpc) is 2.70. The van der Waals surface area contributed by atoms with Crippen LogP contribution in [0, 0.1) is 0 Å². The molecular weight excluding hydrogens is 455 g/mol. The summed E-state index contributed by atoms with van der Waals surface area (Å²) in [5, 5.41) is 2.84. The minimum Gasteiger partial charge on any atom is -0.494 e. The molecular formula is C19H20Cl2N2O6S. The molecule has 8 nitrogen and oxygen atoms in total. The molecule has 0 heterocycles. The van der Waals surface area contributed by atoms with Gasteiger partial charge in [0.15, 0.2) is 6.10 Å². The Bertz CT molecular complexity index is 1010. The van der Waals surface area contributed by atoms with Crippen LogP contribution >= 0.6 is 23.2 Å². The smallest absolute Gasteiger partial charge is 0.321 e. The minimum absolute atomic E-state index is 0.0571. The number of carbonyl (C=O) groups is 2. The Morgan fingerprint density at radius 3 is 2.33 bits per heavy atom. The van der Waals surface area contributed by atoms with Crippen LogP contribution in [0.4, 0.5) is 5.69 Å². The number of ether oxygens (including phenoxy) is 2. The third-order valence-corrected chi connectivity index (χ3v) is 5.86. The number of hydrogen-bond acceptors (Lipinski definition) is 6. The molecule has 0 bridgehead atoms. The third kappa shape index (κ3) is 6.88. The van der Waals surface area contributed by atoms with E-state index in [0.717, 1.165) is 6.07 Å². The number of esters is 1. The first-order valence-corrected chi connectivity index (χ1v) is 11.0. The zero-order valence-corrected chi connectivity index (χ0v) is 18.5. The molecule has 0 aliphatic rings. The summed E-state index contributed by atoms with van der Waals surface area (Å²) in [7, 11) is -4.01. The summed E-state index contributed by atoms with van der Waals surface area (Å²) in [5.41, 5.74) is 0.492. The molecule has 0 saturated heterocycles. The first-order chi connectivity index (χ1) is 14.1. The van der Waals surface area contributed by atoms with E-state index in [1.165, 1.54) is 19.1 Å². The van der Waals surface area contributed by atoms with Gasteiger partial charge in [-0.25, -0.2) is 8.42 Å². The fraction of sp³-hybridized carbons (Fsp3) is 0.263. The Morgan fingerprint density at radius 1 is 1.07 bits per heavy atom. The van der Waals surface area contributed by atoms with E-state index in [2.05, 4.69) is 10.0 Å². The number of benzene rings is 2. The maximum absolute atomic E-state index is 12.2. The number of hydrogen-bond donors (Lipinski definition) is 2. The van der Waals surface area contributed by atoms with Crippen LogP contribution in [0.25, 0.3) is 0 Å². The molecule has 0 aliphatic carbocycles. The summed E-state index contributed by atoms with van der Waals surface area (Å²) in [6.07, 6.45) is -1.14. The highest BCUT2D eigenvalue weighted by molar-refractivity contribution is 7.89.